The highest BCUT2D eigenvalue weighted by Crippen LogP contribution is 2.34. The highest BCUT2D eigenvalue weighted by molar-refractivity contribution is 5.98. The summed E-state index contributed by atoms with van der Waals surface area (Å²) in [6.07, 6.45) is 0.321. The summed E-state index contributed by atoms with van der Waals surface area (Å²) in [5.41, 5.74) is 1.77. The average Bonchev–Trinajstić information content (AvgIpc) is 2.84. The zero-order valence-corrected chi connectivity index (χ0v) is 9.92. The Morgan fingerprint density at radius 2 is 2.00 bits per heavy atom. The molecule has 3 nitrogen and oxygen atoms in total. The molecule has 1 aliphatic rings. The summed E-state index contributed by atoms with van der Waals surface area (Å²) in [7, 11) is 0. The number of hydrogen-bond acceptors (Lipinski definition) is 3. The SMILES string of the molecule is CC1=NC(F)=C(c2ccc3c(C)noc3c2F)C1. The van der Waals surface area contributed by atoms with Gasteiger partial charge in [-0.2, -0.15) is 4.39 Å². The lowest BCUT2D eigenvalue weighted by molar-refractivity contribution is 0.435. The van der Waals surface area contributed by atoms with Crippen LogP contribution < -0.4 is 0 Å². The number of aromatic nitrogens is 1. The highest BCUT2D eigenvalue weighted by Gasteiger charge is 2.22. The quantitative estimate of drug-likeness (QED) is 0.720. The van der Waals surface area contributed by atoms with Crippen molar-refractivity contribution >= 4 is 22.3 Å². The second-order valence-electron chi connectivity index (χ2n) is 4.36. The molecule has 1 aliphatic heterocycles. The minimum Gasteiger partial charge on any atom is -0.353 e. The van der Waals surface area contributed by atoms with Crippen LogP contribution >= 0.6 is 0 Å². The molecule has 0 unspecified atom stereocenters. The average molecular weight is 248 g/mol. The summed E-state index contributed by atoms with van der Waals surface area (Å²) in [6.45, 7) is 3.44. The number of fused-ring (bicyclic) bond motifs is 1. The third-order valence-electron chi connectivity index (χ3n) is 3.06. The van der Waals surface area contributed by atoms with E-state index in [9.17, 15) is 8.78 Å². The van der Waals surface area contributed by atoms with Crippen molar-refractivity contribution in [3.05, 3.63) is 35.2 Å². The van der Waals surface area contributed by atoms with E-state index in [4.69, 9.17) is 4.52 Å². The van der Waals surface area contributed by atoms with Crippen molar-refractivity contribution in [2.24, 2.45) is 4.99 Å². The molecule has 92 valence electrons. The fourth-order valence-corrected chi connectivity index (χ4v) is 2.14. The molecule has 0 saturated carbocycles. The first-order chi connectivity index (χ1) is 8.58. The van der Waals surface area contributed by atoms with E-state index in [1.165, 1.54) is 0 Å². The van der Waals surface area contributed by atoms with Crippen molar-refractivity contribution < 1.29 is 13.3 Å². The van der Waals surface area contributed by atoms with Crippen LogP contribution in [-0.2, 0) is 0 Å². The summed E-state index contributed by atoms with van der Waals surface area (Å²) in [6, 6.07) is 3.23. The molecule has 5 heteroatoms. The van der Waals surface area contributed by atoms with E-state index in [1.807, 2.05) is 0 Å². The maximum atomic E-state index is 14.2. The van der Waals surface area contributed by atoms with Crippen LogP contribution in [0, 0.1) is 12.7 Å². The van der Waals surface area contributed by atoms with Gasteiger partial charge in [0.25, 0.3) is 0 Å². The molecule has 0 bridgehead atoms. The molecule has 0 amide bonds. The maximum Gasteiger partial charge on any atom is 0.217 e. The van der Waals surface area contributed by atoms with Crippen LogP contribution in [0.5, 0.6) is 0 Å². The molecule has 0 spiro atoms. The molecule has 2 heterocycles. The minimum atomic E-state index is -0.623. The number of nitrogens with zero attached hydrogens (tertiary/aromatic N) is 2. The van der Waals surface area contributed by atoms with Crippen LogP contribution in [0.25, 0.3) is 16.5 Å². The van der Waals surface area contributed by atoms with Gasteiger partial charge in [0.1, 0.15) is 0 Å². The first-order valence-electron chi connectivity index (χ1n) is 5.55. The predicted molar refractivity (Wildman–Crippen MR) is 64.5 cm³/mol. The smallest absolute Gasteiger partial charge is 0.217 e. The zero-order chi connectivity index (χ0) is 12.9. The number of allylic oxidation sites excluding steroid dienone is 1. The lowest BCUT2D eigenvalue weighted by Gasteiger charge is -2.04. The first kappa shape index (κ1) is 11.1. The molecule has 0 atom stereocenters. The molecular weight excluding hydrogens is 238 g/mol. The van der Waals surface area contributed by atoms with Gasteiger partial charge in [0.2, 0.25) is 11.5 Å². The van der Waals surface area contributed by atoms with E-state index in [2.05, 4.69) is 10.1 Å². The highest BCUT2D eigenvalue weighted by atomic mass is 19.1. The van der Waals surface area contributed by atoms with E-state index in [1.54, 1.807) is 26.0 Å². The molecule has 0 aliphatic carbocycles. The van der Waals surface area contributed by atoms with Crippen molar-refractivity contribution in [3.63, 3.8) is 0 Å². The van der Waals surface area contributed by atoms with Gasteiger partial charge >= 0.3 is 0 Å². The monoisotopic (exact) mass is 248 g/mol. The molecule has 0 saturated heterocycles. The van der Waals surface area contributed by atoms with Crippen molar-refractivity contribution in [3.8, 4) is 0 Å². The van der Waals surface area contributed by atoms with Gasteiger partial charge in [0, 0.05) is 28.7 Å². The van der Waals surface area contributed by atoms with Crippen LogP contribution in [0.2, 0.25) is 0 Å². The minimum absolute atomic E-state index is 0.0647. The Morgan fingerprint density at radius 1 is 1.22 bits per heavy atom. The van der Waals surface area contributed by atoms with Crippen molar-refractivity contribution in [1.29, 1.82) is 0 Å². The van der Waals surface area contributed by atoms with Gasteiger partial charge in [-0.15, -0.1) is 0 Å². The molecular formula is C13H10F2N2O. The number of aryl methyl sites for hydroxylation is 1. The Bertz CT molecular complexity index is 713. The van der Waals surface area contributed by atoms with Crippen molar-refractivity contribution in [2.75, 3.05) is 0 Å². The van der Waals surface area contributed by atoms with E-state index in [-0.39, 0.29) is 16.7 Å². The Balaban J connectivity index is 2.20. The molecule has 1 aromatic heterocycles. The van der Waals surface area contributed by atoms with Gasteiger partial charge in [-0.3, -0.25) is 0 Å². The Kier molecular flexibility index (Phi) is 2.29. The number of aliphatic imine (C=N–C) groups is 1. The summed E-state index contributed by atoms with van der Waals surface area (Å²) in [4.78, 5) is 3.69. The molecule has 1 aromatic carbocycles. The van der Waals surface area contributed by atoms with Crippen LogP contribution in [-0.4, -0.2) is 10.9 Å². The Labute approximate surface area is 102 Å². The molecule has 0 fully saturated rings. The second-order valence-corrected chi connectivity index (χ2v) is 4.36. The van der Waals surface area contributed by atoms with Gasteiger partial charge < -0.3 is 4.52 Å². The van der Waals surface area contributed by atoms with Crippen LogP contribution in [0.4, 0.5) is 8.78 Å². The lowest BCUT2D eigenvalue weighted by atomic mass is 10.0. The number of rotatable bonds is 1. The Morgan fingerprint density at radius 3 is 2.67 bits per heavy atom. The summed E-state index contributed by atoms with van der Waals surface area (Å²) in [5, 5.41) is 4.31. The van der Waals surface area contributed by atoms with Crippen molar-refractivity contribution in [2.45, 2.75) is 20.3 Å². The molecule has 18 heavy (non-hydrogen) atoms. The second kappa shape index (κ2) is 3.73. The van der Waals surface area contributed by atoms with Crippen LogP contribution in [0.1, 0.15) is 24.6 Å². The van der Waals surface area contributed by atoms with E-state index in [0.29, 0.717) is 23.2 Å². The molecule has 3 rings (SSSR count). The standard InChI is InChI=1S/C13H10F2N2O/c1-6-5-10(13(15)16-6)9-4-3-8-7(2)17-18-12(8)11(9)14/h3-4H,5H2,1-2H3. The normalized spacial score (nSPS) is 15.7. The van der Waals surface area contributed by atoms with Crippen LogP contribution in [0.15, 0.2) is 27.6 Å². The number of halogens is 2. The molecule has 0 radical (unpaired) electrons. The van der Waals surface area contributed by atoms with Gasteiger partial charge in [0.15, 0.2) is 5.82 Å². The van der Waals surface area contributed by atoms with Gasteiger partial charge in [-0.25, -0.2) is 9.38 Å². The fraction of sp³-hybridized carbons (Fsp3) is 0.231. The third kappa shape index (κ3) is 1.47. The number of benzene rings is 1. The third-order valence-corrected chi connectivity index (χ3v) is 3.06. The van der Waals surface area contributed by atoms with E-state index < -0.39 is 11.8 Å². The predicted octanol–water partition coefficient (Wildman–Crippen LogP) is 3.78. The number of hydrogen-bond donors (Lipinski definition) is 0. The lowest BCUT2D eigenvalue weighted by Crippen LogP contribution is -1.93. The first-order valence-corrected chi connectivity index (χ1v) is 5.55. The van der Waals surface area contributed by atoms with Gasteiger partial charge in [0.05, 0.1) is 5.69 Å². The van der Waals surface area contributed by atoms with E-state index in [0.717, 1.165) is 0 Å². The fourth-order valence-electron chi connectivity index (χ4n) is 2.14. The maximum absolute atomic E-state index is 14.2. The largest absolute Gasteiger partial charge is 0.353 e. The summed E-state index contributed by atoms with van der Waals surface area (Å²) < 4.78 is 32.8. The van der Waals surface area contributed by atoms with Crippen molar-refractivity contribution in [1.82, 2.24) is 5.16 Å². The van der Waals surface area contributed by atoms with Gasteiger partial charge in [-0.05, 0) is 19.9 Å². The molecule has 0 N–H and O–H groups in total. The topological polar surface area (TPSA) is 38.4 Å². The Hall–Kier alpha value is -2.04. The zero-order valence-electron chi connectivity index (χ0n) is 9.92. The molecule has 2 aromatic rings. The van der Waals surface area contributed by atoms with Gasteiger partial charge in [-0.1, -0.05) is 11.2 Å². The summed E-state index contributed by atoms with van der Waals surface area (Å²) >= 11 is 0. The van der Waals surface area contributed by atoms with E-state index >= 15 is 0 Å². The van der Waals surface area contributed by atoms with Crippen LogP contribution in [0.3, 0.4) is 0 Å². The summed E-state index contributed by atoms with van der Waals surface area (Å²) in [5.74, 6) is -1.20.